The highest BCUT2D eigenvalue weighted by Crippen LogP contribution is 2.27. The first-order chi connectivity index (χ1) is 20.6. The van der Waals surface area contributed by atoms with E-state index < -0.39 is 0 Å². The van der Waals surface area contributed by atoms with E-state index in [4.69, 9.17) is 16.9 Å². The number of nitriles is 1. The highest BCUT2D eigenvalue weighted by atomic mass is 35.5. The number of rotatable bonds is 9. The van der Waals surface area contributed by atoms with Gasteiger partial charge in [-0.25, -0.2) is 4.98 Å². The molecule has 3 aromatic heterocycles. The molecule has 0 atom stereocenters. The van der Waals surface area contributed by atoms with E-state index in [0.717, 1.165) is 42.3 Å². The van der Waals surface area contributed by atoms with E-state index >= 15 is 0 Å². The van der Waals surface area contributed by atoms with Crippen molar-refractivity contribution < 1.29 is 4.79 Å². The Bertz CT molecular complexity index is 1660. The van der Waals surface area contributed by atoms with Gasteiger partial charge in [-0.3, -0.25) is 4.79 Å². The van der Waals surface area contributed by atoms with Crippen LogP contribution in [0.3, 0.4) is 0 Å². The summed E-state index contributed by atoms with van der Waals surface area (Å²) in [6, 6.07) is 24.4. The van der Waals surface area contributed by atoms with Gasteiger partial charge in [0, 0.05) is 56.8 Å². The van der Waals surface area contributed by atoms with Gasteiger partial charge in [-0.15, -0.1) is 11.3 Å². The first-order valence-electron chi connectivity index (χ1n) is 13.7. The molecule has 1 aliphatic heterocycles. The highest BCUT2D eigenvalue weighted by Gasteiger charge is 2.23. The fourth-order valence-corrected chi connectivity index (χ4v) is 6.84. The SMILES string of the molecule is N#Cc1ccc(Cn2cncc2CN(Cc2ccsc2)c2ccc(N3CCN(C(=O)c4ccc(Cl)s4)CC3)cc2)cc1. The maximum atomic E-state index is 12.8. The molecule has 0 spiro atoms. The Morgan fingerprint density at radius 1 is 0.952 bits per heavy atom. The van der Waals surface area contributed by atoms with Gasteiger partial charge < -0.3 is 19.3 Å². The van der Waals surface area contributed by atoms with Gasteiger partial charge in [0.25, 0.3) is 5.91 Å². The molecule has 0 aliphatic carbocycles. The molecular formula is C32H29ClN6OS2. The summed E-state index contributed by atoms with van der Waals surface area (Å²) in [5.41, 5.74) is 6.48. The Hall–Kier alpha value is -4.10. The Labute approximate surface area is 258 Å². The minimum atomic E-state index is 0.0596. The third-order valence-corrected chi connectivity index (χ3v) is 9.42. The third-order valence-electron chi connectivity index (χ3n) is 7.47. The smallest absolute Gasteiger partial charge is 0.264 e. The summed E-state index contributed by atoms with van der Waals surface area (Å²) in [7, 11) is 0. The Morgan fingerprint density at radius 3 is 2.40 bits per heavy atom. The van der Waals surface area contributed by atoms with Crippen LogP contribution < -0.4 is 9.80 Å². The minimum Gasteiger partial charge on any atom is -0.368 e. The summed E-state index contributed by atoms with van der Waals surface area (Å²) in [5, 5.41) is 13.4. The zero-order valence-corrected chi connectivity index (χ0v) is 25.3. The molecule has 1 amide bonds. The van der Waals surface area contributed by atoms with Crippen LogP contribution in [0.15, 0.2) is 90.0 Å². The van der Waals surface area contributed by atoms with Gasteiger partial charge in [0.1, 0.15) is 0 Å². The highest BCUT2D eigenvalue weighted by molar-refractivity contribution is 7.18. The molecule has 0 unspecified atom stereocenters. The summed E-state index contributed by atoms with van der Waals surface area (Å²) in [5.74, 6) is 0.0596. The number of piperazine rings is 1. The number of hydrogen-bond donors (Lipinski definition) is 0. The molecule has 0 radical (unpaired) electrons. The Balaban J connectivity index is 1.14. The summed E-state index contributed by atoms with van der Waals surface area (Å²) in [4.78, 5) is 24.6. The number of thiophene rings is 2. The van der Waals surface area contributed by atoms with E-state index in [-0.39, 0.29) is 5.91 Å². The topological polar surface area (TPSA) is 68.4 Å². The lowest BCUT2D eigenvalue weighted by Gasteiger charge is -2.36. The lowest BCUT2D eigenvalue weighted by atomic mass is 10.1. The maximum absolute atomic E-state index is 12.8. The van der Waals surface area contributed by atoms with E-state index in [1.807, 2.05) is 47.8 Å². The molecule has 212 valence electrons. The predicted octanol–water partition coefficient (Wildman–Crippen LogP) is 6.75. The first kappa shape index (κ1) is 28.0. The van der Waals surface area contributed by atoms with Crippen molar-refractivity contribution in [3.05, 3.63) is 122 Å². The Kier molecular flexibility index (Phi) is 8.56. The van der Waals surface area contributed by atoms with Crippen LogP contribution in [0.25, 0.3) is 0 Å². The lowest BCUT2D eigenvalue weighted by molar-refractivity contribution is 0.0751. The molecule has 0 N–H and O–H groups in total. The monoisotopic (exact) mass is 612 g/mol. The van der Waals surface area contributed by atoms with E-state index in [1.54, 1.807) is 17.4 Å². The average molecular weight is 613 g/mol. The summed E-state index contributed by atoms with van der Waals surface area (Å²) in [6.07, 6.45) is 3.81. The van der Waals surface area contributed by atoms with Crippen molar-refractivity contribution in [2.24, 2.45) is 0 Å². The quantitative estimate of drug-likeness (QED) is 0.184. The fourth-order valence-electron chi connectivity index (χ4n) is 5.17. The van der Waals surface area contributed by atoms with Crippen molar-refractivity contribution in [3.63, 3.8) is 0 Å². The second kappa shape index (κ2) is 12.8. The molecule has 1 fully saturated rings. The van der Waals surface area contributed by atoms with Gasteiger partial charge in [-0.1, -0.05) is 23.7 Å². The van der Waals surface area contributed by atoms with Crippen LogP contribution in [0, 0.1) is 11.3 Å². The second-order valence-electron chi connectivity index (χ2n) is 10.2. The van der Waals surface area contributed by atoms with E-state index in [9.17, 15) is 4.79 Å². The number of carbonyl (C=O) groups excluding carboxylic acids is 1. The number of amides is 1. The molecule has 2 aromatic carbocycles. The summed E-state index contributed by atoms with van der Waals surface area (Å²) in [6.45, 7) is 5.14. The van der Waals surface area contributed by atoms with Crippen LogP contribution in [0.2, 0.25) is 4.34 Å². The van der Waals surface area contributed by atoms with Gasteiger partial charge in [-0.05, 0) is 76.5 Å². The van der Waals surface area contributed by atoms with Gasteiger partial charge in [0.2, 0.25) is 0 Å². The normalized spacial score (nSPS) is 13.2. The molecule has 1 aliphatic rings. The zero-order valence-electron chi connectivity index (χ0n) is 22.9. The molecule has 5 aromatic rings. The molecule has 1 saturated heterocycles. The maximum Gasteiger partial charge on any atom is 0.264 e. The van der Waals surface area contributed by atoms with E-state index in [1.165, 1.54) is 16.9 Å². The van der Waals surface area contributed by atoms with Crippen molar-refractivity contribution in [1.82, 2.24) is 14.5 Å². The fraction of sp³-hybridized carbons (Fsp3) is 0.219. The number of halogens is 1. The van der Waals surface area contributed by atoms with Crippen LogP contribution in [0.4, 0.5) is 11.4 Å². The second-order valence-corrected chi connectivity index (χ2v) is 12.7. The van der Waals surface area contributed by atoms with Gasteiger partial charge >= 0.3 is 0 Å². The largest absolute Gasteiger partial charge is 0.368 e. The van der Waals surface area contributed by atoms with E-state index in [2.05, 4.69) is 66.5 Å². The van der Waals surface area contributed by atoms with Crippen LogP contribution in [-0.2, 0) is 19.6 Å². The first-order valence-corrected chi connectivity index (χ1v) is 15.8. The van der Waals surface area contributed by atoms with Crippen molar-refractivity contribution >= 4 is 51.6 Å². The average Bonchev–Trinajstić information content (AvgIpc) is 3.81. The van der Waals surface area contributed by atoms with Crippen LogP contribution >= 0.6 is 34.3 Å². The number of benzene rings is 2. The van der Waals surface area contributed by atoms with Gasteiger partial charge in [0.05, 0.1) is 39.4 Å². The van der Waals surface area contributed by atoms with Crippen molar-refractivity contribution in [1.29, 1.82) is 5.26 Å². The molecule has 0 saturated carbocycles. The number of carbonyl (C=O) groups is 1. The standard InChI is InChI=1S/C32H29ClN6OS2/c33-31-10-9-30(42-31)32(40)37-14-12-36(13-15-37)27-5-7-28(8-6-27)38(20-26-11-16-41-22-26)21-29-18-35-23-39(29)19-25-3-1-24(17-34)2-4-25/h1-11,16,18,22-23H,12-15,19-21H2. The molecular weight excluding hydrogens is 584 g/mol. The molecule has 4 heterocycles. The van der Waals surface area contributed by atoms with Gasteiger partial charge in [0.15, 0.2) is 0 Å². The van der Waals surface area contributed by atoms with Crippen molar-refractivity contribution in [3.8, 4) is 6.07 Å². The lowest BCUT2D eigenvalue weighted by Crippen LogP contribution is -2.48. The van der Waals surface area contributed by atoms with Crippen LogP contribution in [-0.4, -0.2) is 46.5 Å². The van der Waals surface area contributed by atoms with Gasteiger partial charge in [-0.2, -0.15) is 16.6 Å². The van der Waals surface area contributed by atoms with Crippen molar-refractivity contribution in [2.75, 3.05) is 36.0 Å². The number of anilines is 2. The summed E-state index contributed by atoms with van der Waals surface area (Å²) >= 11 is 9.08. The van der Waals surface area contributed by atoms with Crippen LogP contribution in [0.1, 0.15) is 32.1 Å². The number of nitrogens with zero attached hydrogens (tertiary/aromatic N) is 6. The Morgan fingerprint density at radius 2 is 1.74 bits per heavy atom. The summed E-state index contributed by atoms with van der Waals surface area (Å²) < 4.78 is 2.81. The molecule has 10 heteroatoms. The molecule has 6 rings (SSSR count). The molecule has 7 nitrogen and oxygen atoms in total. The number of imidazole rings is 1. The number of hydrogen-bond acceptors (Lipinski definition) is 7. The number of aromatic nitrogens is 2. The molecule has 0 bridgehead atoms. The van der Waals surface area contributed by atoms with E-state index in [0.29, 0.717) is 41.0 Å². The third kappa shape index (κ3) is 6.52. The zero-order chi connectivity index (χ0) is 28.9. The predicted molar refractivity (Wildman–Crippen MR) is 171 cm³/mol. The molecule has 42 heavy (non-hydrogen) atoms. The van der Waals surface area contributed by atoms with Crippen molar-refractivity contribution in [2.45, 2.75) is 19.6 Å². The van der Waals surface area contributed by atoms with Crippen LogP contribution in [0.5, 0.6) is 0 Å². The minimum absolute atomic E-state index is 0.0596.